The molecule has 0 saturated heterocycles. The van der Waals surface area contributed by atoms with Crippen LogP contribution in [0.1, 0.15) is 77.9 Å². The average Bonchev–Trinajstić information content (AvgIpc) is 3.42. The first-order chi connectivity index (χ1) is 18.9. The number of alkyl halides is 5. The molecule has 0 atom stereocenters. The lowest BCUT2D eigenvalue weighted by atomic mass is 10.1. The normalized spacial score (nSPS) is 15.3. The molecule has 1 aliphatic heterocycles. The van der Waals surface area contributed by atoms with Gasteiger partial charge in [-0.2, -0.15) is 31.7 Å². The molecule has 238 valence electrons. The number of nitrogen functional groups attached to an aromatic ring is 1. The molecule has 0 radical (unpaired) electrons. The molecular formula is C22H33F5N8O6S. The lowest BCUT2D eigenvalue weighted by Crippen LogP contribution is -2.47. The van der Waals surface area contributed by atoms with Crippen molar-refractivity contribution in [2.24, 2.45) is 12.2 Å². The topological polar surface area (TPSA) is 178 Å². The highest BCUT2D eigenvalue weighted by Gasteiger charge is 2.43. The molecule has 2 aromatic rings. The minimum atomic E-state index is -5.06. The van der Waals surface area contributed by atoms with Crippen molar-refractivity contribution >= 4 is 20.9 Å². The molecule has 0 unspecified atom stereocenters. The molecular weight excluding hydrogens is 599 g/mol. The van der Waals surface area contributed by atoms with Gasteiger partial charge in [-0.3, -0.25) is 0 Å². The summed E-state index contributed by atoms with van der Waals surface area (Å²) in [5.41, 5.74) is -4.65. The van der Waals surface area contributed by atoms with E-state index in [9.17, 15) is 40.0 Å². The number of sulfone groups is 1. The van der Waals surface area contributed by atoms with Crippen LogP contribution in [0, 0.1) is 0 Å². The highest BCUT2D eigenvalue weighted by atomic mass is 32.2. The van der Waals surface area contributed by atoms with Crippen LogP contribution in [0.3, 0.4) is 0 Å². The minimum Gasteiger partial charge on any atom is -0.417 e. The Bertz CT molecular complexity index is 1500. The van der Waals surface area contributed by atoms with Crippen molar-refractivity contribution < 1.29 is 44.7 Å². The first kappa shape index (κ1) is 34.5. The van der Waals surface area contributed by atoms with Gasteiger partial charge in [-0.1, -0.05) is 19.0 Å². The predicted molar refractivity (Wildman–Crippen MR) is 139 cm³/mol. The second-order valence-electron chi connectivity index (χ2n) is 11.2. The number of aryl methyl sites for hydroxylation is 1. The van der Waals surface area contributed by atoms with Crippen LogP contribution in [0.2, 0.25) is 0 Å². The number of hydrogen-bond donors (Lipinski definition) is 2. The number of nitrogens with zero attached hydrogens (tertiary/aromatic N) is 6. The van der Waals surface area contributed by atoms with Crippen LogP contribution in [0.25, 0.3) is 0 Å². The highest BCUT2D eigenvalue weighted by Crippen LogP contribution is 2.38. The Morgan fingerprint density at radius 1 is 1.19 bits per heavy atom. The van der Waals surface area contributed by atoms with Gasteiger partial charge in [0.05, 0.1) is 11.3 Å². The predicted octanol–water partition coefficient (Wildman–Crippen LogP) is 2.71. The largest absolute Gasteiger partial charge is 0.435 e. The first-order valence-corrected chi connectivity index (χ1v) is 13.9. The Morgan fingerprint density at radius 2 is 1.76 bits per heavy atom. The van der Waals surface area contributed by atoms with Crippen molar-refractivity contribution in [1.82, 2.24) is 29.6 Å². The Labute approximate surface area is 237 Å². The summed E-state index contributed by atoms with van der Waals surface area (Å²) in [6.07, 6.45) is -5.22. The van der Waals surface area contributed by atoms with Gasteiger partial charge in [0, 0.05) is 24.9 Å². The van der Waals surface area contributed by atoms with Crippen molar-refractivity contribution in [2.45, 2.75) is 90.5 Å². The molecule has 0 bridgehead atoms. The molecule has 42 heavy (non-hydrogen) atoms. The zero-order valence-electron chi connectivity index (χ0n) is 24.1. The number of nitrogens with two attached hydrogens (primary N) is 1. The standard InChI is InChI=1S/C12H14F5N3O4S.C10H19N5O2/c1-11(2)4-7(19-24-11)25(21,22)5-6-8(12(15,16)17)18-20(3)9(6)23-10(13)14;1-6(2)7-13-15(9(17)14(7)11)8(16)12-10(3,4)5/h10H,4-5H2,1-3H3;6H,11H2,1-5H3,(H,12,16). The Balaban J connectivity index is 0.000000317. The van der Waals surface area contributed by atoms with Gasteiger partial charge in [0.1, 0.15) is 5.60 Å². The zero-order chi connectivity index (χ0) is 32.6. The molecule has 3 rings (SSSR count). The van der Waals surface area contributed by atoms with Gasteiger partial charge >= 0.3 is 24.5 Å². The van der Waals surface area contributed by atoms with E-state index in [1.165, 1.54) is 13.8 Å². The molecule has 0 aliphatic carbocycles. The van der Waals surface area contributed by atoms with E-state index in [2.05, 4.69) is 25.4 Å². The Morgan fingerprint density at radius 3 is 2.17 bits per heavy atom. The van der Waals surface area contributed by atoms with Gasteiger partial charge in [0.25, 0.3) is 0 Å². The number of halogens is 5. The van der Waals surface area contributed by atoms with E-state index >= 15 is 0 Å². The molecule has 1 amide bonds. The van der Waals surface area contributed by atoms with Crippen LogP contribution in [-0.2, 0) is 33.7 Å². The summed E-state index contributed by atoms with van der Waals surface area (Å²) in [6, 6.07) is -0.575. The van der Waals surface area contributed by atoms with Crippen molar-refractivity contribution in [1.29, 1.82) is 0 Å². The maximum Gasteiger partial charge on any atom is 0.435 e. The first-order valence-electron chi connectivity index (χ1n) is 12.2. The average molecular weight is 633 g/mol. The third-order valence-electron chi connectivity index (χ3n) is 5.25. The van der Waals surface area contributed by atoms with E-state index < -0.39 is 73.4 Å². The van der Waals surface area contributed by atoms with Gasteiger partial charge in [0.15, 0.2) is 26.4 Å². The van der Waals surface area contributed by atoms with Gasteiger partial charge in [-0.25, -0.2) is 22.7 Å². The number of ether oxygens (including phenoxy) is 1. The molecule has 0 fully saturated rings. The number of hydrogen-bond acceptors (Lipinski definition) is 10. The third kappa shape index (κ3) is 8.41. The fourth-order valence-corrected chi connectivity index (χ4v) is 5.00. The summed E-state index contributed by atoms with van der Waals surface area (Å²) in [5.74, 6) is 3.65. The number of nitrogens with one attached hydrogen (secondary N) is 1. The van der Waals surface area contributed by atoms with E-state index in [0.29, 0.717) is 10.5 Å². The third-order valence-corrected chi connectivity index (χ3v) is 6.85. The Kier molecular flexibility index (Phi) is 9.76. The zero-order valence-corrected chi connectivity index (χ0v) is 24.9. The van der Waals surface area contributed by atoms with Crippen LogP contribution in [0.15, 0.2) is 9.95 Å². The molecule has 1 aliphatic rings. The second kappa shape index (κ2) is 11.9. The fourth-order valence-electron chi connectivity index (χ4n) is 3.48. The summed E-state index contributed by atoms with van der Waals surface area (Å²) in [5, 5.41) is 12.5. The van der Waals surface area contributed by atoms with Crippen LogP contribution < -0.4 is 21.6 Å². The molecule has 0 spiro atoms. The summed E-state index contributed by atoms with van der Waals surface area (Å²) in [4.78, 5) is 28.4. The monoisotopic (exact) mass is 632 g/mol. The summed E-state index contributed by atoms with van der Waals surface area (Å²) in [7, 11) is -3.43. The van der Waals surface area contributed by atoms with Crippen molar-refractivity contribution in [3.05, 3.63) is 27.6 Å². The van der Waals surface area contributed by atoms with Gasteiger partial charge in [-0.15, -0.1) is 9.78 Å². The second-order valence-corrected chi connectivity index (χ2v) is 13.2. The van der Waals surface area contributed by atoms with E-state index in [1.54, 1.807) is 0 Å². The summed E-state index contributed by atoms with van der Waals surface area (Å²) in [6.45, 7) is 8.76. The van der Waals surface area contributed by atoms with Crippen LogP contribution in [0.4, 0.5) is 26.7 Å². The maximum atomic E-state index is 13.1. The number of amides is 1. The van der Waals surface area contributed by atoms with Crippen LogP contribution >= 0.6 is 0 Å². The van der Waals surface area contributed by atoms with E-state index in [-0.39, 0.29) is 12.3 Å². The number of aromatic nitrogens is 5. The molecule has 3 heterocycles. The molecule has 20 heteroatoms. The van der Waals surface area contributed by atoms with E-state index in [0.717, 1.165) is 16.4 Å². The number of rotatable bonds is 5. The lowest BCUT2D eigenvalue weighted by Gasteiger charge is -2.19. The minimum absolute atomic E-state index is 0.0311. The van der Waals surface area contributed by atoms with E-state index in [1.807, 2.05) is 34.6 Å². The van der Waals surface area contributed by atoms with E-state index in [4.69, 9.17) is 10.7 Å². The van der Waals surface area contributed by atoms with Gasteiger partial charge in [-0.05, 0) is 34.6 Å². The summed E-state index contributed by atoms with van der Waals surface area (Å²) < 4.78 is 95.0. The molecule has 0 saturated carbocycles. The maximum absolute atomic E-state index is 13.1. The van der Waals surface area contributed by atoms with Crippen molar-refractivity contribution in [3.63, 3.8) is 0 Å². The number of carbonyl (C=O) groups excluding carboxylic acids is 1. The van der Waals surface area contributed by atoms with Gasteiger partial charge < -0.3 is 20.7 Å². The quantitative estimate of drug-likeness (QED) is 0.371. The van der Waals surface area contributed by atoms with Crippen LogP contribution in [0.5, 0.6) is 5.88 Å². The molecule has 14 nitrogen and oxygen atoms in total. The number of carbonyl (C=O) groups is 1. The number of oxime groups is 1. The van der Waals surface area contributed by atoms with Gasteiger partial charge in [0.2, 0.25) is 5.88 Å². The van der Waals surface area contributed by atoms with Crippen molar-refractivity contribution in [3.8, 4) is 5.88 Å². The highest BCUT2D eigenvalue weighted by molar-refractivity contribution is 8.05. The van der Waals surface area contributed by atoms with Crippen molar-refractivity contribution in [2.75, 3.05) is 5.84 Å². The molecule has 0 aromatic carbocycles. The Hall–Kier alpha value is -3.71. The molecule has 2 aromatic heterocycles. The van der Waals surface area contributed by atoms with Crippen LogP contribution in [-0.4, -0.2) is 61.5 Å². The SMILES string of the molecule is CC(C)c1nn(C(=O)NC(C)(C)C)c(=O)n1N.Cn1nc(C(F)(F)F)c(CS(=O)(=O)C2=NOC(C)(C)C2)c1OC(F)F. The summed E-state index contributed by atoms with van der Waals surface area (Å²) >= 11 is 0. The molecule has 3 N–H and O–H groups in total. The smallest absolute Gasteiger partial charge is 0.417 e. The fraction of sp³-hybridized carbons (Fsp3) is 0.682. The lowest BCUT2D eigenvalue weighted by molar-refractivity contribution is -0.142.